The van der Waals surface area contributed by atoms with Crippen LogP contribution in [0.4, 0.5) is 5.69 Å². The molecular weight excluding hydrogens is 280 g/mol. The fourth-order valence-electron chi connectivity index (χ4n) is 2.41. The number of fused-ring (bicyclic) bond motifs is 1. The zero-order valence-corrected chi connectivity index (χ0v) is 12.1. The van der Waals surface area contributed by atoms with Crippen molar-refractivity contribution in [1.29, 1.82) is 5.41 Å². The number of H-pyrrole nitrogens is 1. The molecule has 0 saturated heterocycles. The summed E-state index contributed by atoms with van der Waals surface area (Å²) in [6.45, 7) is 2.01. The molecule has 0 saturated carbocycles. The van der Waals surface area contributed by atoms with E-state index in [1.807, 2.05) is 37.3 Å². The van der Waals surface area contributed by atoms with Crippen LogP contribution < -0.4 is 21.1 Å². The molecule has 0 fully saturated rings. The van der Waals surface area contributed by atoms with Crippen LogP contribution in [0.5, 0.6) is 5.88 Å². The summed E-state index contributed by atoms with van der Waals surface area (Å²) in [6, 6.07) is 9.20. The molecule has 6 heteroatoms. The molecule has 0 radical (unpaired) electrons. The number of nitrogens with one attached hydrogen (secondary N) is 2. The number of aromatic nitrogens is 1. The third kappa shape index (κ3) is 2.18. The molecule has 1 aromatic carbocycles. The van der Waals surface area contributed by atoms with Crippen molar-refractivity contribution in [1.82, 2.24) is 4.98 Å². The molecule has 112 valence electrons. The van der Waals surface area contributed by atoms with E-state index in [4.69, 9.17) is 5.41 Å². The van der Waals surface area contributed by atoms with Crippen molar-refractivity contribution < 1.29 is 5.11 Å². The highest BCUT2D eigenvalue weighted by Crippen LogP contribution is 2.21. The molecule has 0 amide bonds. The van der Waals surface area contributed by atoms with Crippen molar-refractivity contribution in [3.63, 3.8) is 0 Å². The van der Waals surface area contributed by atoms with Crippen LogP contribution in [-0.4, -0.2) is 15.9 Å². The molecule has 0 aliphatic carbocycles. The van der Waals surface area contributed by atoms with E-state index in [0.717, 1.165) is 12.8 Å². The van der Waals surface area contributed by atoms with Crippen molar-refractivity contribution in [2.45, 2.75) is 19.8 Å². The van der Waals surface area contributed by atoms with Gasteiger partial charge in [-0.05, 0) is 18.6 Å². The van der Waals surface area contributed by atoms with E-state index >= 15 is 0 Å². The average Bonchev–Trinajstić information content (AvgIpc) is 2.86. The van der Waals surface area contributed by atoms with Crippen LogP contribution in [0, 0.1) is 5.41 Å². The van der Waals surface area contributed by atoms with Crippen molar-refractivity contribution in [3.8, 4) is 5.88 Å². The first-order chi connectivity index (χ1) is 10.6. The molecular formula is C16H16N4O2. The number of anilines is 1. The topological polar surface area (TPSA) is 92.5 Å². The summed E-state index contributed by atoms with van der Waals surface area (Å²) in [4.78, 5) is 14.5. The normalized spacial score (nSPS) is 14.1. The Hall–Kier alpha value is -2.89. The minimum Gasteiger partial charge on any atom is -0.494 e. The summed E-state index contributed by atoms with van der Waals surface area (Å²) in [6.07, 6.45) is 3.42. The Morgan fingerprint density at radius 2 is 2.09 bits per heavy atom. The van der Waals surface area contributed by atoms with Gasteiger partial charge >= 0.3 is 0 Å². The minimum absolute atomic E-state index is 0.0427. The molecule has 2 heterocycles. The molecule has 3 N–H and O–H groups in total. The number of benzene rings is 1. The standard InChI is InChI=1S/C16H16N4O2/c1-2-3-9-11-13-12(16(22)18-15(11)21)14(17)20(19-13)10-7-5-4-6-8-10/h4-9,17,22H,2-3H2,1H3,(H,18,21)/b11-9+,17-14?. The van der Waals surface area contributed by atoms with Gasteiger partial charge in [-0.3, -0.25) is 15.2 Å². The summed E-state index contributed by atoms with van der Waals surface area (Å²) in [5.74, 6) is -0.276. The highest BCUT2D eigenvalue weighted by Gasteiger charge is 2.26. The predicted molar refractivity (Wildman–Crippen MR) is 84.6 cm³/mol. The van der Waals surface area contributed by atoms with E-state index in [0.29, 0.717) is 16.3 Å². The molecule has 22 heavy (non-hydrogen) atoms. The smallest absolute Gasteiger partial charge is 0.259 e. The van der Waals surface area contributed by atoms with Gasteiger partial charge in [0.15, 0.2) is 5.84 Å². The summed E-state index contributed by atoms with van der Waals surface area (Å²) in [5, 5.41) is 24.8. The Labute approximate surface area is 126 Å². The predicted octanol–water partition coefficient (Wildman–Crippen LogP) is 1.04. The van der Waals surface area contributed by atoms with Crippen LogP contribution in [0.2, 0.25) is 0 Å². The van der Waals surface area contributed by atoms with Gasteiger partial charge in [-0.15, -0.1) is 0 Å². The second-order valence-corrected chi connectivity index (χ2v) is 5.03. The second-order valence-electron chi connectivity index (χ2n) is 5.03. The van der Waals surface area contributed by atoms with Crippen LogP contribution in [0.1, 0.15) is 25.3 Å². The largest absolute Gasteiger partial charge is 0.494 e. The van der Waals surface area contributed by atoms with E-state index in [9.17, 15) is 9.90 Å². The highest BCUT2D eigenvalue weighted by atomic mass is 16.3. The average molecular weight is 296 g/mol. The number of unbranched alkanes of at least 4 members (excludes halogenated alkanes) is 1. The Morgan fingerprint density at radius 1 is 1.36 bits per heavy atom. The van der Waals surface area contributed by atoms with Crippen LogP contribution in [0.15, 0.2) is 40.2 Å². The lowest BCUT2D eigenvalue weighted by atomic mass is 10.2. The van der Waals surface area contributed by atoms with Gasteiger partial charge in [0, 0.05) is 0 Å². The summed E-state index contributed by atoms with van der Waals surface area (Å²) < 4.78 is 0. The molecule has 2 aromatic rings. The Bertz CT molecular complexity index is 900. The van der Waals surface area contributed by atoms with Gasteiger partial charge in [0.05, 0.1) is 10.9 Å². The lowest BCUT2D eigenvalue weighted by Crippen LogP contribution is -2.42. The maximum absolute atomic E-state index is 12.1. The SMILES string of the molecule is CCC/C=c1/c(=O)[nH]c(O)c2c1=NN(c1ccccc1)C2=N. The molecule has 3 rings (SSSR count). The van der Waals surface area contributed by atoms with E-state index in [-0.39, 0.29) is 17.3 Å². The fourth-order valence-corrected chi connectivity index (χ4v) is 2.41. The number of nitrogens with zero attached hydrogens (tertiary/aromatic N) is 2. The molecule has 6 nitrogen and oxygen atoms in total. The Kier molecular flexibility index (Phi) is 3.50. The summed E-state index contributed by atoms with van der Waals surface area (Å²) in [7, 11) is 0. The van der Waals surface area contributed by atoms with E-state index in [1.54, 1.807) is 6.08 Å². The summed E-state index contributed by atoms with van der Waals surface area (Å²) in [5.41, 5.74) is 0.568. The monoisotopic (exact) mass is 296 g/mol. The molecule has 0 bridgehead atoms. The van der Waals surface area contributed by atoms with Crippen molar-refractivity contribution in [2.75, 3.05) is 5.01 Å². The third-order valence-corrected chi connectivity index (χ3v) is 3.49. The van der Waals surface area contributed by atoms with Gasteiger partial charge in [-0.1, -0.05) is 37.6 Å². The van der Waals surface area contributed by atoms with Crippen molar-refractivity contribution >= 4 is 17.6 Å². The number of aromatic hydroxyl groups is 1. The van der Waals surface area contributed by atoms with Crippen molar-refractivity contribution in [3.05, 3.63) is 56.8 Å². The second kappa shape index (κ2) is 5.48. The highest BCUT2D eigenvalue weighted by molar-refractivity contribution is 6.10. The minimum atomic E-state index is -0.392. The molecule has 0 spiro atoms. The third-order valence-electron chi connectivity index (χ3n) is 3.49. The van der Waals surface area contributed by atoms with Crippen LogP contribution in [-0.2, 0) is 0 Å². The Balaban J connectivity index is 2.27. The number of hydrogen-bond acceptors (Lipinski definition) is 4. The summed E-state index contributed by atoms with van der Waals surface area (Å²) >= 11 is 0. The van der Waals surface area contributed by atoms with Gasteiger partial charge in [0.25, 0.3) is 5.56 Å². The van der Waals surface area contributed by atoms with E-state index < -0.39 is 5.56 Å². The number of amidine groups is 1. The van der Waals surface area contributed by atoms with Crippen molar-refractivity contribution in [2.24, 2.45) is 5.10 Å². The first kappa shape index (κ1) is 14.1. The van der Waals surface area contributed by atoms with Crippen LogP contribution in [0.25, 0.3) is 6.08 Å². The Morgan fingerprint density at radius 3 is 2.77 bits per heavy atom. The number of aromatic amines is 1. The molecule has 1 aliphatic rings. The first-order valence-corrected chi connectivity index (χ1v) is 7.11. The fraction of sp³-hybridized carbons (Fsp3) is 0.188. The molecule has 1 aliphatic heterocycles. The van der Waals surface area contributed by atoms with Gasteiger partial charge in [0.2, 0.25) is 5.88 Å². The van der Waals surface area contributed by atoms with E-state index in [2.05, 4.69) is 10.1 Å². The lowest BCUT2D eigenvalue weighted by molar-refractivity contribution is 0.449. The van der Waals surface area contributed by atoms with Crippen LogP contribution >= 0.6 is 0 Å². The van der Waals surface area contributed by atoms with Gasteiger partial charge in [-0.25, -0.2) is 5.01 Å². The molecule has 0 unspecified atom stereocenters. The number of pyridine rings is 1. The number of hydrogen-bond donors (Lipinski definition) is 3. The first-order valence-electron chi connectivity index (χ1n) is 7.11. The maximum Gasteiger partial charge on any atom is 0.259 e. The van der Waals surface area contributed by atoms with Crippen LogP contribution in [0.3, 0.4) is 0 Å². The van der Waals surface area contributed by atoms with Gasteiger partial charge < -0.3 is 5.11 Å². The van der Waals surface area contributed by atoms with Gasteiger partial charge in [0.1, 0.15) is 10.9 Å². The zero-order valence-electron chi connectivity index (χ0n) is 12.1. The van der Waals surface area contributed by atoms with Gasteiger partial charge in [-0.2, -0.15) is 5.10 Å². The van der Waals surface area contributed by atoms with E-state index in [1.165, 1.54) is 5.01 Å². The number of para-hydroxylation sites is 1. The zero-order chi connectivity index (χ0) is 15.7. The molecule has 1 aromatic heterocycles. The lowest BCUT2D eigenvalue weighted by Gasteiger charge is -2.13. The molecule has 0 atom stereocenters. The maximum atomic E-state index is 12.1. The quantitative estimate of drug-likeness (QED) is 0.790. The number of rotatable bonds is 3.